The Morgan fingerprint density at radius 2 is 1.33 bits per heavy atom. The summed E-state index contributed by atoms with van der Waals surface area (Å²) in [5, 5.41) is 17.9. The monoisotopic (exact) mass is 523 g/mol. The molecule has 1 atom stereocenters. The molecule has 3 rings (SSSR count). The molecule has 0 amide bonds. The highest BCUT2D eigenvalue weighted by Crippen LogP contribution is 2.27. The largest absolute Gasteiger partial charge is 0.759 e. The van der Waals surface area contributed by atoms with Crippen molar-refractivity contribution in [3.63, 3.8) is 0 Å². The Hall–Kier alpha value is -2.61. The maximum atomic E-state index is 8.52. The Bertz CT molecular complexity index is 1030. The molecular formula is C25H37N3O7S-2. The first-order valence-corrected chi connectivity index (χ1v) is 12.5. The topological polar surface area (TPSA) is 185 Å². The predicted molar refractivity (Wildman–Crippen MR) is 140 cm³/mol. The van der Waals surface area contributed by atoms with Crippen LogP contribution in [-0.4, -0.2) is 79.6 Å². The van der Waals surface area contributed by atoms with E-state index in [1.807, 2.05) is 0 Å². The van der Waals surface area contributed by atoms with Gasteiger partial charge in [0.1, 0.15) is 5.75 Å². The molecule has 0 spiro atoms. The van der Waals surface area contributed by atoms with Gasteiger partial charge in [-0.05, 0) is 31.1 Å². The highest BCUT2D eigenvalue weighted by atomic mass is 32.3. The van der Waals surface area contributed by atoms with E-state index in [2.05, 4.69) is 91.8 Å². The number of aliphatic hydroxyl groups is 2. The standard InChI is InChI=1S/C21H23NO.2C2H7NO.H2O4S/c1-22(2)20(18-10-4-3-5-11-18)15-16-23-21-14-8-12-17-9-6-7-13-19(17)21;2*3-1-2-4;1-5(2,3)4/h3-14,20H,15-16H2,1-2H3;2*4H,1-3H2;(H2,1,2,3,4)/p-2/t20-;;;/m0.../s1. The zero-order valence-corrected chi connectivity index (χ0v) is 21.5. The van der Waals surface area contributed by atoms with Crippen molar-refractivity contribution in [3.8, 4) is 5.75 Å². The number of fused-ring (bicyclic) bond motifs is 1. The minimum atomic E-state index is -5.17. The molecule has 202 valence electrons. The Kier molecular flexibility index (Phi) is 18.1. The lowest BCUT2D eigenvalue weighted by molar-refractivity contribution is 0.225. The molecule has 0 fully saturated rings. The van der Waals surface area contributed by atoms with E-state index >= 15 is 0 Å². The van der Waals surface area contributed by atoms with Crippen LogP contribution in [0.15, 0.2) is 72.8 Å². The lowest BCUT2D eigenvalue weighted by atomic mass is 10.0. The van der Waals surface area contributed by atoms with Gasteiger partial charge in [-0.25, -0.2) is 0 Å². The first kappa shape index (κ1) is 33.4. The van der Waals surface area contributed by atoms with Crippen LogP contribution in [0.1, 0.15) is 18.0 Å². The van der Waals surface area contributed by atoms with E-state index < -0.39 is 10.4 Å². The number of hydrogen-bond acceptors (Lipinski definition) is 10. The summed E-state index contributed by atoms with van der Waals surface area (Å²) < 4.78 is 40.2. The van der Waals surface area contributed by atoms with Gasteiger partial charge in [-0.15, -0.1) is 0 Å². The molecule has 0 aromatic heterocycles. The summed E-state index contributed by atoms with van der Waals surface area (Å²) in [5.74, 6) is 0.966. The van der Waals surface area contributed by atoms with Gasteiger partial charge in [-0.2, -0.15) is 0 Å². The average molecular weight is 524 g/mol. The van der Waals surface area contributed by atoms with Crippen LogP contribution in [-0.2, 0) is 10.4 Å². The number of hydrogen-bond donors (Lipinski definition) is 4. The molecule has 11 heteroatoms. The summed E-state index contributed by atoms with van der Waals surface area (Å²) in [7, 11) is -0.925. The number of nitrogens with zero attached hydrogens (tertiary/aromatic N) is 1. The van der Waals surface area contributed by atoms with Crippen LogP contribution in [0, 0.1) is 0 Å². The second-order valence-corrected chi connectivity index (χ2v) is 8.25. The number of aliphatic hydroxyl groups excluding tert-OH is 2. The van der Waals surface area contributed by atoms with E-state index in [4.69, 9.17) is 43.9 Å². The average Bonchev–Trinajstić information content (AvgIpc) is 2.86. The minimum absolute atomic E-state index is 0.0972. The van der Waals surface area contributed by atoms with E-state index in [1.54, 1.807) is 0 Å². The summed E-state index contributed by atoms with van der Waals surface area (Å²) in [6, 6.07) is 25.6. The number of ether oxygens (including phenoxy) is 1. The molecule has 0 heterocycles. The lowest BCUT2D eigenvalue weighted by Crippen LogP contribution is -2.22. The van der Waals surface area contributed by atoms with E-state index in [0.717, 1.165) is 12.2 Å². The van der Waals surface area contributed by atoms with Gasteiger partial charge in [0.05, 0.1) is 19.8 Å². The molecule has 36 heavy (non-hydrogen) atoms. The van der Waals surface area contributed by atoms with Crippen LogP contribution in [0.2, 0.25) is 0 Å². The summed E-state index contributed by atoms with van der Waals surface area (Å²) in [5.41, 5.74) is 10.9. The van der Waals surface area contributed by atoms with Crippen LogP contribution < -0.4 is 16.2 Å². The van der Waals surface area contributed by atoms with Gasteiger partial charge in [0.2, 0.25) is 0 Å². The fraction of sp³-hybridized carbons (Fsp3) is 0.360. The van der Waals surface area contributed by atoms with Crippen molar-refractivity contribution >= 4 is 21.2 Å². The molecule has 0 unspecified atom stereocenters. The molecule has 0 saturated carbocycles. The summed E-state index contributed by atoms with van der Waals surface area (Å²) in [6.45, 7) is 1.64. The Morgan fingerprint density at radius 1 is 0.861 bits per heavy atom. The molecule has 3 aromatic rings. The van der Waals surface area contributed by atoms with Crippen molar-refractivity contribution in [1.82, 2.24) is 4.90 Å². The van der Waals surface area contributed by atoms with Gasteiger partial charge in [-0.1, -0.05) is 66.7 Å². The minimum Gasteiger partial charge on any atom is -0.759 e. The van der Waals surface area contributed by atoms with Gasteiger partial charge >= 0.3 is 0 Å². The molecule has 0 bridgehead atoms. The highest BCUT2D eigenvalue weighted by molar-refractivity contribution is 7.79. The normalized spacial score (nSPS) is 11.2. The second-order valence-electron chi connectivity index (χ2n) is 7.44. The van der Waals surface area contributed by atoms with E-state index in [0.29, 0.717) is 25.7 Å². The van der Waals surface area contributed by atoms with Crippen molar-refractivity contribution in [2.45, 2.75) is 12.5 Å². The van der Waals surface area contributed by atoms with Crippen LogP contribution in [0.3, 0.4) is 0 Å². The molecule has 0 aliphatic heterocycles. The first-order valence-electron chi connectivity index (χ1n) is 11.2. The second kappa shape index (κ2) is 19.6. The van der Waals surface area contributed by atoms with Gasteiger partial charge in [0.25, 0.3) is 0 Å². The molecule has 0 radical (unpaired) electrons. The number of benzene rings is 3. The van der Waals surface area contributed by atoms with Crippen LogP contribution in [0.25, 0.3) is 10.8 Å². The van der Waals surface area contributed by atoms with Gasteiger partial charge in [0.15, 0.2) is 0 Å². The van der Waals surface area contributed by atoms with Gasteiger partial charge in [-0.3, -0.25) is 8.42 Å². The summed E-state index contributed by atoms with van der Waals surface area (Å²) in [6.07, 6.45) is 0.959. The molecule has 0 aliphatic rings. The van der Waals surface area contributed by atoms with Crippen molar-refractivity contribution in [1.29, 1.82) is 0 Å². The zero-order valence-electron chi connectivity index (χ0n) is 20.7. The zero-order chi connectivity index (χ0) is 27.4. The fourth-order valence-corrected chi connectivity index (χ4v) is 3.00. The third-order valence-electron chi connectivity index (χ3n) is 4.46. The molecule has 10 nitrogen and oxygen atoms in total. The fourth-order valence-electron chi connectivity index (χ4n) is 3.00. The van der Waals surface area contributed by atoms with Crippen LogP contribution in [0.4, 0.5) is 0 Å². The first-order chi connectivity index (χ1) is 17.1. The predicted octanol–water partition coefficient (Wildman–Crippen LogP) is 1.45. The molecule has 0 aliphatic carbocycles. The van der Waals surface area contributed by atoms with E-state index in [1.165, 1.54) is 16.3 Å². The summed E-state index contributed by atoms with van der Waals surface area (Å²) >= 11 is 0. The smallest absolute Gasteiger partial charge is 0.127 e. The van der Waals surface area contributed by atoms with Crippen molar-refractivity contribution in [2.24, 2.45) is 11.5 Å². The van der Waals surface area contributed by atoms with Crippen molar-refractivity contribution in [2.75, 3.05) is 47.0 Å². The summed E-state index contributed by atoms with van der Waals surface area (Å²) in [4.78, 5) is 2.25. The molecular weight excluding hydrogens is 486 g/mol. The Labute approximate surface area is 213 Å². The SMILES string of the molecule is CN(C)[C@@H](CCOc1cccc2ccccc12)c1ccccc1.NCCO.NCCO.O=S(=O)([O-])[O-]. The third-order valence-corrected chi connectivity index (χ3v) is 4.46. The molecule has 0 saturated heterocycles. The van der Waals surface area contributed by atoms with Crippen molar-refractivity contribution in [3.05, 3.63) is 78.4 Å². The van der Waals surface area contributed by atoms with Gasteiger partial charge < -0.3 is 40.4 Å². The Morgan fingerprint density at radius 3 is 1.83 bits per heavy atom. The number of rotatable bonds is 8. The maximum Gasteiger partial charge on any atom is 0.127 e. The Balaban J connectivity index is 0.000000784. The lowest BCUT2D eigenvalue weighted by Gasteiger charge is -2.25. The molecule has 6 N–H and O–H groups in total. The molecule has 3 aromatic carbocycles. The quantitative estimate of drug-likeness (QED) is 0.249. The van der Waals surface area contributed by atoms with Gasteiger partial charge in [0, 0.05) is 41.3 Å². The third kappa shape index (κ3) is 16.1. The van der Waals surface area contributed by atoms with Crippen LogP contribution >= 0.6 is 0 Å². The van der Waals surface area contributed by atoms with Crippen molar-refractivity contribution < 1.29 is 32.5 Å². The van der Waals surface area contributed by atoms with E-state index in [9.17, 15) is 0 Å². The highest BCUT2D eigenvalue weighted by Gasteiger charge is 2.14. The van der Waals surface area contributed by atoms with E-state index in [-0.39, 0.29) is 13.2 Å². The number of nitrogens with two attached hydrogens (primary N) is 2. The maximum absolute atomic E-state index is 8.52. The van der Waals surface area contributed by atoms with Crippen LogP contribution in [0.5, 0.6) is 5.75 Å².